The maximum Gasteiger partial charge on any atom is 0.338 e. The molecule has 0 bridgehead atoms. The molecule has 0 aliphatic carbocycles. The molecule has 1 aromatic carbocycles. The molecule has 0 fully saturated rings. The Hall–Kier alpha value is -1.63. The minimum Gasteiger partial charge on any atom is -0.463 e. The number of hydrogen-bond acceptors (Lipinski definition) is 4. The van der Waals surface area contributed by atoms with Crippen LogP contribution in [0.15, 0.2) is 35.5 Å². The zero-order valence-electron chi connectivity index (χ0n) is 14.0. The number of halogens is 1. The molecule has 0 saturated carbocycles. The molecule has 0 amide bonds. The number of benzene rings is 1. The number of esters is 1. The van der Waals surface area contributed by atoms with Crippen molar-refractivity contribution < 1.29 is 14.3 Å². The number of carbonyl (C=O) groups excluding carboxylic acids is 1. The van der Waals surface area contributed by atoms with E-state index in [1.54, 1.807) is 19.1 Å². The molecule has 1 atom stereocenters. The second kappa shape index (κ2) is 8.46. The smallest absolute Gasteiger partial charge is 0.338 e. The molecule has 0 radical (unpaired) electrons. The summed E-state index contributed by atoms with van der Waals surface area (Å²) in [7, 11) is 0. The molecule has 1 aliphatic heterocycles. The monoisotopic (exact) mass is 368 g/mol. The van der Waals surface area contributed by atoms with Gasteiger partial charge in [0.05, 0.1) is 18.2 Å². The summed E-state index contributed by atoms with van der Waals surface area (Å²) in [5, 5.41) is 4.21. The van der Waals surface area contributed by atoms with E-state index in [1.807, 2.05) is 30.9 Å². The first kappa shape index (κ1) is 18.7. The van der Waals surface area contributed by atoms with Crippen LogP contribution >= 0.6 is 23.8 Å². The quantitative estimate of drug-likeness (QED) is 0.613. The first-order chi connectivity index (χ1) is 11.5. The van der Waals surface area contributed by atoms with E-state index in [0.717, 1.165) is 5.56 Å². The molecule has 7 heteroatoms. The minimum absolute atomic E-state index is 0.270. The van der Waals surface area contributed by atoms with E-state index < -0.39 is 0 Å². The number of hydrogen-bond donors (Lipinski definition) is 1. The number of carbonyl (C=O) groups is 1. The fourth-order valence-corrected chi connectivity index (χ4v) is 3.00. The van der Waals surface area contributed by atoms with Gasteiger partial charge in [-0.25, -0.2) is 4.79 Å². The Bertz CT molecular complexity index is 646. The van der Waals surface area contributed by atoms with Crippen molar-refractivity contribution in [2.75, 3.05) is 19.9 Å². The van der Waals surface area contributed by atoms with Crippen molar-refractivity contribution >= 4 is 34.9 Å². The third-order valence-electron chi connectivity index (χ3n) is 3.66. The van der Waals surface area contributed by atoms with E-state index >= 15 is 0 Å². The van der Waals surface area contributed by atoms with E-state index in [-0.39, 0.29) is 18.7 Å². The van der Waals surface area contributed by atoms with E-state index in [1.165, 1.54) is 0 Å². The van der Waals surface area contributed by atoms with Crippen LogP contribution in [0.2, 0.25) is 5.02 Å². The number of nitrogens with one attached hydrogen (secondary N) is 1. The summed E-state index contributed by atoms with van der Waals surface area (Å²) in [6.07, 6.45) is 0. The van der Waals surface area contributed by atoms with E-state index in [4.69, 9.17) is 33.3 Å². The van der Waals surface area contributed by atoms with Crippen molar-refractivity contribution in [1.29, 1.82) is 0 Å². The second-order valence-electron chi connectivity index (χ2n) is 5.24. The summed E-state index contributed by atoms with van der Waals surface area (Å²) in [6.45, 7) is 6.63. The van der Waals surface area contributed by atoms with Crippen molar-refractivity contribution in [2.24, 2.45) is 0 Å². The summed E-state index contributed by atoms with van der Waals surface area (Å²) < 4.78 is 10.8. The van der Waals surface area contributed by atoms with Gasteiger partial charge in [0, 0.05) is 17.3 Å². The zero-order valence-corrected chi connectivity index (χ0v) is 15.5. The first-order valence-corrected chi connectivity index (χ1v) is 8.56. The lowest BCUT2D eigenvalue weighted by Gasteiger charge is -2.39. The molecule has 1 heterocycles. The molecule has 0 saturated heterocycles. The van der Waals surface area contributed by atoms with Crippen molar-refractivity contribution in [2.45, 2.75) is 26.8 Å². The van der Waals surface area contributed by atoms with Gasteiger partial charge >= 0.3 is 5.97 Å². The summed E-state index contributed by atoms with van der Waals surface area (Å²) in [5.74, 6) is -0.369. The molecule has 1 aromatic rings. The van der Waals surface area contributed by atoms with Gasteiger partial charge in [-0.2, -0.15) is 0 Å². The molecular formula is C17H21ClN2O3S. The van der Waals surface area contributed by atoms with Gasteiger partial charge in [-0.1, -0.05) is 23.7 Å². The van der Waals surface area contributed by atoms with Crippen LogP contribution in [0, 0.1) is 0 Å². The summed E-state index contributed by atoms with van der Waals surface area (Å²) in [6, 6.07) is 6.96. The fraction of sp³-hybridized carbons (Fsp3) is 0.412. The summed E-state index contributed by atoms with van der Waals surface area (Å²) in [5.41, 5.74) is 2.10. The topological polar surface area (TPSA) is 50.8 Å². The normalized spacial score (nSPS) is 17.8. The van der Waals surface area contributed by atoms with E-state index in [0.29, 0.717) is 34.6 Å². The molecule has 1 aliphatic rings. The lowest BCUT2D eigenvalue weighted by Crippen LogP contribution is -2.49. The highest BCUT2D eigenvalue weighted by atomic mass is 35.5. The maximum atomic E-state index is 12.5. The fourth-order valence-electron chi connectivity index (χ4n) is 2.57. The minimum atomic E-state index is -0.387. The molecule has 1 N–H and O–H groups in total. The second-order valence-corrected chi connectivity index (χ2v) is 6.06. The largest absolute Gasteiger partial charge is 0.463 e. The predicted octanol–water partition coefficient (Wildman–Crippen LogP) is 3.40. The van der Waals surface area contributed by atoms with Gasteiger partial charge in [-0.3, -0.25) is 0 Å². The Morgan fingerprint density at radius 1 is 1.29 bits per heavy atom. The average molecular weight is 369 g/mol. The number of rotatable bonds is 6. The molecule has 5 nitrogen and oxygen atoms in total. The molecule has 24 heavy (non-hydrogen) atoms. The number of nitrogens with zero attached hydrogens (tertiary/aromatic N) is 1. The van der Waals surface area contributed by atoms with Gasteiger partial charge in [0.25, 0.3) is 0 Å². The van der Waals surface area contributed by atoms with Gasteiger partial charge in [0.1, 0.15) is 6.73 Å². The zero-order chi connectivity index (χ0) is 17.7. The Kier molecular flexibility index (Phi) is 6.60. The molecule has 0 spiro atoms. The summed E-state index contributed by atoms with van der Waals surface area (Å²) in [4.78, 5) is 14.4. The van der Waals surface area contributed by atoms with Gasteiger partial charge in [-0.05, 0) is 50.7 Å². The molecule has 1 unspecified atom stereocenters. The van der Waals surface area contributed by atoms with E-state index in [9.17, 15) is 4.79 Å². The van der Waals surface area contributed by atoms with Crippen LogP contribution in [0.1, 0.15) is 32.4 Å². The lowest BCUT2D eigenvalue weighted by atomic mass is 9.94. The van der Waals surface area contributed by atoms with Crippen LogP contribution in [0.3, 0.4) is 0 Å². The standard InChI is InChI=1S/C17H21ClN2O3S/c1-4-22-10-20-15(12-6-8-13(18)9-7-12)14(16(21)23-5-2)11(3)19-17(20)24/h6-9,15H,4-5,10H2,1-3H3,(H,19,24). The highest BCUT2D eigenvalue weighted by Crippen LogP contribution is 2.34. The van der Waals surface area contributed by atoms with Crippen LogP contribution in [0.25, 0.3) is 0 Å². The van der Waals surface area contributed by atoms with Crippen LogP contribution < -0.4 is 5.32 Å². The Morgan fingerprint density at radius 2 is 1.96 bits per heavy atom. The van der Waals surface area contributed by atoms with Gasteiger partial charge in [0.2, 0.25) is 0 Å². The Balaban J connectivity index is 2.50. The number of thiocarbonyl (C=S) groups is 1. The molecule has 0 aromatic heterocycles. The van der Waals surface area contributed by atoms with Crippen LogP contribution in [-0.2, 0) is 14.3 Å². The maximum absolute atomic E-state index is 12.5. The SMILES string of the molecule is CCOCN1C(=S)NC(C)=C(C(=O)OCC)C1c1ccc(Cl)cc1. The van der Waals surface area contributed by atoms with Gasteiger partial charge in [0.15, 0.2) is 5.11 Å². The van der Waals surface area contributed by atoms with Gasteiger partial charge in [-0.15, -0.1) is 0 Å². The van der Waals surface area contributed by atoms with Crippen molar-refractivity contribution in [3.63, 3.8) is 0 Å². The highest BCUT2D eigenvalue weighted by molar-refractivity contribution is 7.80. The first-order valence-electron chi connectivity index (χ1n) is 7.78. The number of ether oxygens (including phenoxy) is 2. The molecule has 130 valence electrons. The van der Waals surface area contributed by atoms with Crippen molar-refractivity contribution in [3.05, 3.63) is 46.1 Å². The van der Waals surface area contributed by atoms with Crippen molar-refractivity contribution in [3.8, 4) is 0 Å². The third-order valence-corrected chi connectivity index (χ3v) is 4.25. The van der Waals surface area contributed by atoms with Crippen LogP contribution in [0.5, 0.6) is 0 Å². The predicted molar refractivity (Wildman–Crippen MR) is 97.6 cm³/mol. The average Bonchev–Trinajstić information content (AvgIpc) is 2.54. The lowest BCUT2D eigenvalue weighted by molar-refractivity contribution is -0.139. The summed E-state index contributed by atoms with van der Waals surface area (Å²) >= 11 is 11.4. The number of allylic oxidation sites excluding steroid dienone is 1. The third kappa shape index (κ3) is 4.06. The van der Waals surface area contributed by atoms with Crippen LogP contribution in [0.4, 0.5) is 0 Å². The van der Waals surface area contributed by atoms with Crippen LogP contribution in [-0.4, -0.2) is 35.9 Å². The molecular weight excluding hydrogens is 348 g/mol. The highest BCUT2D eigenvalue weighted by Gasteiger charge is 2.36. The van der Waals surface area contributed by atoms with Crippen molar-refractivity contribution in [1.82, 2.24) is 10.2 Å². The van der Waals surface area contributed by atoms with E-state index in [2.05, 4.69) is 5.32 Å². The Labute approximate surface area is 152 Å². The molecule has 2 rings (SSSR count). The Morgan fingerprint density at radius 3 is 2.54 bits per heavy atom. The van der Waals surface area contributed by atoms with Gasteiger partial charge < -0.3 is 19.7 Å².